The molecule has 0 spiro atoms. The summed E-state index contributed by atoms with van der Waals surface area (Å²) < 4.78 is 0. The molecule has 2 heterocycles. The van der Waals surface area contributed by atoms with E-state index in [0.717, 1.165) is 0 Å². The Morgan fingerprint density at radius 2 is 1.75 bits per heavy atom. The number of rotatable bonds is 2. The lowest BCUT2D eigenvalue weighted by Gasteiger charge is -2.11. The van der Waals surface area contributed by atoms with Gasteiger partial charge in [0.15, 0.2) is 5.69 Å². The van der Waals surface area contributed by atoms with E-state index in [1.54, 1.807) is 12.1 Å². The van der Waals surface area contributed by atoms with Gasteiger partial charge in [0.1, 0.15) is 0 Å². The van der Waals surface area contributed by atoms with Crippen molar-refractivity contribution >= 4 is 17.8 Å². The van der Waals surface area contributed by atoms with Gasteiger partial charge in [-0.25, -0.2) is 4.79 Å². The number of carbonyl (C=O) groups excluding carboxylic acids is 3. The molecule has 0 saturated heterocycles. The Morgan fingerprint density at radius 3 is 2.25 bits per heavy atom. The molecule has 0 bridgehead atoms. The summed E-state index contributed by atoms with van der Waals surface area (Å²) in [5, 5.41) is 7.87. The van der Waals surface area contributed by atoms with Crippen molar-refractivity contribution in [1.29, 1.82) is 0 Å². The number of amides is 2. The standard InChI is InChI=1S/C12H8N4O4/c1-15-13-6-9(14-15)12(19)20-16-10(17)7-4-2-3-5-8(7)11(16)18/h2-6H,1H3. The SMILES string of the molecule is Cn1ncc(C(=O)ON2C(=O)c3ccccc3C2=O)n1. The highest BCUT2D eigenvalue weighted by Crippen LogP contribution is 2.22. The molecule has 8 nitrogen and oxygen atoms in total. The molecule has 0 saturated carbocycles. The number of aryl methyl sites for hydroxylation is 1. The van der Waals surface area contributed by atoms with E-state index < -0.39 is 17.8 Å². The minimum absolute atomic E-state index is 0.0935. The second kappa shape index (κ2) is 4.26. The summed E-state index contributed by atoms with van der Waals surface area (Å²) in [5.41, 5.74) is 0.304. The van der Waals surface area contributed by atoms with Crippen LogP contribution in [0.5, 0.6) is 0 Å². The van der Waals surface area contributed by atoms with Crippen LogP contribution in [0.2, 0.25) is 0 Å². The molecule has 1 aliphatic rings. The van der Waals surface area contributed by atoms with Gasteiger partial charge >= 0.3 is 5.97 Å². The Kier molecular flexibility index (Phi) is 2.56. The van der Waals surface area contributed by atoms with Crippen molar-refractivity contribution in [3.05, 3.63) is 47.3 Å². The van der Waals surface area contributed by atoms with Crippen molar-refractivity contribution in [1.82, 2.24) is 20.1 Å². The first-order valence-electron chi connectivity index (χ1n) is 5.64. The summed E-state index contributed by atoms with van der Waals surface area (Å²) in [7, 11) is 1.53. The topological polar surface area (TPSA) is 94.4 Å². The Bertz CT molecular complexity index is 702. The van der Waals surface area contributed by atoms with Crippen LogP contribution in [0.4, 0.5) is 0 Å². The van der Waals surface area contributed by atoms with E-state index in [9.17, 15) is 14.4 Å². The number of hydrogen-bond acceptors (Lipinski definition) is 6. The molecule has 3 rings (SSSR count). The van der Waals surface area contributed by atoms with Crippen molar-refractivity contribution in [2.24, 2.45) is 7.05 Å². The van der Waals surface area contributed by atoms with Crippen molar-refractivity contribution in [2.45, 2.75) is 0 Å². The molecule has 1 aliphatic heterocycles. The Hall–Kier alpha value is -3.03. The van der Waals surface area contributed by atoms with E-state index in [-0.39, 0.29) is 16.8 Å². The molecule has 0 atom stereocenters. The predicted molar refractivity (Wildman–Crippen MR) is 63.4 cm³/mol. The molecule has 2 aromatic rings. The van der Waals surface area contributed by atoms with Crippen LogP contribution in [0.15, 0.2) is 30.5 Å². The second-order valence-corrected chi connectivity index (χ2v) is 4.05. The summed E-state index contributed by atoms with van der Waals surface area (Å²) in [6, 6.07) is 6.23. The van der Waals surface area contributed by atoms with Gasteiger partial charge in [0.2, 0.25) is 0 Å². The number of aromatic nitrogens is 3. The van der Waals surface area contributed by atoms with E-state index in [1.165, 1.54) is 30.2 Å². The maximum Gasteiger partial charge on any atom is 0.385 e. The minimum atomic E-state index is -0.924. The highest BCUT2D eigenvalue weighted by molar-refractivity contribution is 6.21. The van der Waals surface area contributed by atoms with Gasteiger partial charge in [-0.05, 0) is 12.1 Å². The maximum atomic E-state index is 12.0. The van der Waals surface area contributed by atoms with Crippen molar-refractivity contribution in [3.8, 4) is 0 Å². The van der Waals surface area contributed by atoms with Gasteiger partial charge in [0, 0.05) is 7.05 Å². The van der Waals surface area contributed by atoms with Crippen LogP contribution in [-0.2, 0) is 11.9 Å². The molecule has 0 unspecified atom stereocenters. The van der Waals surface area contributed by atoms with Crippen LogP contribution in [0, 0.1) is 0 Å². The van der Waals surface area contributed by atoms with Gasteiger partial charge < -0.3 is 4.84 Å². The molecule has 8 heteroatoms. The summed E-state index contributed by atoms with van der Waals surface area (Å²) in [4.78, 5) is 41.7. The molecule has 2 amide bonds. The third-order valence-corrected chi connectivity index (χ3v) is 2.74. The number of hydroxylamine groups is 2. The fraction of sp³-hybridized carbons (Fsp3) is 0.0833. The van der Waals surface area contributed by atoms with E-state index in [2.05, 4.69) is 10.2 Å². The van der Waals surface area contributed by atoms with E-state index in [0.29, 0.717) is 5.06 Å². The molecular formula is C12H8N4O4. The quantitative estimate of drug-likeness (QED) is 0.724. The van der Waals surface area contributed by atoms with E-state index in [1.807, 2.05) is 0 Å². The van der Waals surface area contributed by atoms with Gasteiger partial charge in [-0.15, -0.1) is 5.10 Å². The lowest BCUT2D eigenvalue weighted by Crippen LogP contribution is -2.32. The highest BCUT2D eigenvalue weighted by Gasteiger charge is 2.39. The number of nitrogens with zero attached hydrogens (tertiary/aromatic N) is 4. The Balaban J connectivity index is 1.85. The molecule has 0 aliphatic carbocycles. The Labute approximate surface area is 112 Å². The lowest BCUT2D eigenvalue weighted by molar-refractivity contribution is -0.0588. The van der Waals surface area contributed by atoms with Crippen LogP contribution in [0.3, 0.4) is 0 Å². The molecular weight excluding hydrogens is 264 g/mol. The average Bonchev–Trinajstić information content (AvgIpc) is 2.98. The van der Waals surface area contributed by atoms with Gasteiger partial charge in [-0.1, -0.05) is 17.2 Å². The van der Waals surface area contributed by atoms with Crippen LogP contribution < -0.4 is 0 Å². The first-order valence-corrected chi connectivity index (χ1v) is 5.64. The first kappa shape index (κ1) is 12.0. The fourth-order valence-corrected chi connectivity index (χ4v) is 1.82. The zero-order valence-electron chi connectivity index (χ0n) is 10.3. The summed E-state index contributed by atoms with van der Waals surface area (Å²) in [6.45, 7) is 0. The zero-order valence-corrected chi connectivity index (χ0v) is 10.3. The summed E-state index contributed by atoms with van der Waals surface area (Å²) >= 11 is 0. The zero-order chi connectivity index (χ0) is 14.3. The average molecular weight is 272 g/mol. The molecule has 20 heavy (non-hydrogen) atoms. The highest BCUT2D eigenvalue weighted by atomic mass is 16.7. The van der Waals surface area contributed by atoms with Crippen molar-refractivity contribution in [2.75, 3.05) is 0 Å². The summed E-state index contributed by atoms with van der Waals surface area (Å²) in [5.74, 6) is -2.28. The molecule has 100 valence electrons. The molecule has 1 aromatic heterocycles. The van der Waals surface area contributed by atoms with Gasteiger partial charge in [-0.3, -0.25) is 9.59 Å². The molecule has 1 aromatic carbocycles. The van der Waals surface area contributed by atoms with Crippen LogP contribution in [0.25, 0.3) is 0 Å². The van der Waals surface area contributed by atoms with E-state index >= 15 is 0 Å². The minimum Gasteiger partial charge on any atom is -0.322 e. The van der Waals surface area contributed by atoms with Gasteiger partial charge in [0.25, 0.3) is 11.8 Å². The normalized spacial score (nSPS) is 13.6. The number of hydrogen-bond donors (Lipinski definition) is 0. The Morgan fingerprint density at radius 1 is 1.15 bits per heavy atom. The fourth-order valence-electron chi connectivity index (χ4n) is 1.82. The van der Waals surface area contributed by atoms with Crippen molar-refractivity contribution in [3.63, 3.8) is 0 Å². The molecule has 0 fully saturated rings. The molecule has 0 radical (unpaired) electrons. The monoisotopic (exact) mass is 272 g/mol. The van der Waals surface area contributed by atoms with Crippen LogP contribution in [0.1, 0.15) is 31.2 Å². The van der Waals surface area contributed by atoms with Gasteiger partial charge in [0.05, 0.1) is 17.3 Å². The number of carbonyl (C=O) groups is 3. The number of imide groups is 1. The number of fused-ring (bicyclic) bond motifs is 1. The van der Waals surface area contributed by atoms with Crippen molar-refractivity contribution < 1.29 is 19.2 Å². The van der Waals surface area contributed by atoms with Crippen LogP contribution >= 0.6 is 0 Å². The van der Waals surface area contributed by atoms with Gasteiger partial charge in [-0.2, -0.15) is 9.90 Å². The third-order valence-electron chi connectivity index (χ3n) is 2.74. The number of benzene rings is 1. The summed E-state index contributed by atoms with van der Waals surface area (Å²) in [6.07, 6.45) is 1.18. The lowest BCUT2D eigenvalue weighted by atomic mass is 10.1. The second-order valence-electron chi connectivity index (χ2n) is 4.05. The van der Waals surface area contributed by atoms with Crippen LogP contribution in [-0.4, -0.2) is 37.8 Å². The molecule has 0 N–H and O–H groups in total. The maximum absolute atomic E-state index is 12.0. The first-order chi connectivity index (χ1) is 9.58. The third kappa shape index (κ3) is 1.74. The largest absolute Gasteiger partial charge is 0.385 e. The smallest absolute Gasteiger partial charge is 0.322 e. The van der Waals surface area contributed by atoms with E-state index in [4.69, 9.17) is 4.84 Å². The predicted octanol–water partition coefficient (Wildman–Crippen LogP) is 0.183.